The van der Waals surface area contributed by atoms with Crippen LogP contribution in [0.5, 0.6) is 0 Å². The first-order valence-corrected chi connectivity index (χ1v) is 6.30. The van der Waals surface area contributed by atoms with Crippen molar-refractivity contribution >= 4 is 17.6 Å². The molecule has 0 aromatic heterocycles. The predicted octanol–water partition coefficient (Wildman–Crippen LogP) is 3.04. The maximum absolute atomic E-state index is 13.2. The molecule has 0 spiro atoms. The lowest BCUT2D eigenvalue weighted by molar-refractivity contribution is 0.502. The van der Waals surface area contributed by atoms with Crippen LogP contribution in [-0.2, 0) is 17.8 Å². The van der Waals surface area contributed by atoms with Crippen LogP contribution < -0.4 is 0 Å². The maximum atomic E-state index is 13.2. The van der Waals surface area contributed by atoms with Gasteiger partial charge in [-0.25, -0.2) is 8.78 Å². The molecule has 1 aromatic carbocycles. The number of hydrogen-bond donors (Lipinski definition) is 0. The van der Waals surface area contributed by atoms with E-state index < -0.39 is 27.7 Å². The molecule has 0 saturated carbocycles. The van der Waals surface area contributed by atoms with Crippen LogP contribution in [0.2, 0.25) is 0 Å². The molecule has 0 bridgehead atoms. The Balaban J connectivity index is 2.68. The molecule has 1 atom stereocenters. The zero-order valence-corrected chi connectivity index (χ0v) is 10.9. The quantitative estimate of drug-likeness (QED) is 0.607. The normalized spacial score (nSPS) is 14.2. The number of nitrogens with zero attached hydrogens (tertiary/aromatic N) is 1. The highest BCUT2D eigenvalue weighted by molar-refractivity contribution is 7.91. The molecular formula is C12H15F2NOS. The summed E-state index contributed by atoms with van der Waals surface area (Å²) in [7, 11) is 0. The van der Waals surface area contributed by atoms with Crippen molar-refractivity contribution in [1.82, 2.24) is 0 Å². The van der Waals surface area contributed by atoms with Crippen molar-refractivity contribution in [2.45, 2.75) is 31.9 Å². The molecule has 0 amide bonds. The van der Waals surface area contributed by atoms with Crippen molar-refractivity contribution in [3.63, 3.8) is 0 Å². The summed E-state index contributed by atoms with van der Waals surface area (Å²) in [6, 6.07) is 3.97. The standard InChI is InChI=1S/C12H15F2NOS/c1-12(2,3)17(16)15-8-7-9-5-4-6-10(13)11(9)14/h4-6,8H,7H2,1-3H3. The SMILES string of the molecule is CC(C)(C)[S+]([O-])N=CCc1cccc(F)c1F. The second-order valence-corrected chi connectivity index (χ2v) is 6.50. The predicted molar refractivity (Wildman–Crippen MR) is 66.4 cm³/mol. The Morgan fingerprint density at radius 1 is 1.35 bits per heavy atom. The summed E-state index contributed by atoms with van der Waals surface area (Å²) in [5, 5.41) is 0. The molecule has 1 unspecified atom stereocenters. The van der Waals surface area contributed by atoms with E-state index in [4.69, 9.17) is 0 Å². The maximum Gasteiger partial charge on any atom is 0.162 e. The number of hydrogen-bond acceptors (Lipinski definition) is 2. The Bertz CT molecular complexity index is 415. The van der Waals surface area contributed by atoms with Gasteiger partial charge in [-0.2, -0.15) is 0 Å². The molecular weight excluding hydrogens is 244 g/mol. The average Bonchev–Trinajstić information content (AvgIpc) is 2.22. The van der Waals surface area contributed by atoms with Gasteiger partial charge in [-0.05, 0) is 32.4 Å². The van der Waals surface area contributed by atoms with Crippen molar-refractivity contribution in [1.29, 1.82) is 0 Å². The summed E-state index contributed by atoms with van der Waals surface area (Å²) in [6.45, 7) is 5.38. The van der Waals surface area contributed by atoms with Gasteiger partial charge in [0.15, 0.2) is 11.6 Å². The number of benzene rings is 1. The summed E-state index contributed by atoms with van der Waals surface area (Å²) < 4.78 is 41.0. The summed E-state index contributed by atoms with van der Waals surface area (Å²) in [5.41, 5.74) is 0.208. The van der Waals surface area contributed by atoms with Gasteiger partial charge in [0.25, 0.3) is 0 Å². The number of rotatable bonds is 3. The van der Waals surface area contributed by atoms with Crippen molar-refractivity contribution in [2.24, 2.45) is 4.40 Å². The van der Waals surface area contributed by atoms with Gasteiger partial charge in [-0.1, -0.05) is 16.5 Å². The molecule has 5 heteroatoms. The molecule has 1 rings (SSSR count). The third kappa shape index (κ3) is 4.09. The van der Waals surface area contributed by atoms with E-state index in [0.717, 1.165) is 6.07 Å². The van der Waals surface area contributed by atoms with Crippen LogP contribution in [0.15, 0.2) is 22.6 Å². The Labute approximate surface area is 103 Å². The van der Waals surface area contributed by atoms with Crippen LogP contribution in [0.3, 0.4) is 0 Å². The largest absolute Gasteiger partial charge is 0.591 e. The summed E-state index contributed by atoms with van der Waals surface area (Å²) in [6.07, 6.45) is 1.49. The van der Waals surface area contributed by atoms with Gasteiger partial charge in [0, 0.05) is 6.42 Å². The van der Waals surface area contributed by atoms with Gasteiger partial charge >= 0.3 is 0 Å². The van der Waals surface area contributed by atoms with Gasteiger partial charge in [-0.3, -0.25) is 0 Å². The van der Waals surface area contributed by atoms with Gasteiger partial charge < -0.3 is 4.55 Å². The van der Waals surface area contributed by atoms with E-state index in [1.807, 2.05) is 0 Å². The van der Waals surface area contributed by atoms with Crippen LogP contribution in [-0.4, -0.2) is 15.5 Å². The molecule has 0 heterocycles. The molecule has 0 fully saturated rings. The van der Waals surface area contributed by atoms with E-state index in [0.29, 0.717) is 0 Å². The van der Waals surface area contributed by atoms with E-state index in [9.17, 15) is 13.3 Å². The molecule has 0 aliphatic heterocycles. The molecule has 0 radical (unpaired) electrons. The average molecular weight is 259 g/mol. The van der Waals surface area contributed by atoms with Crippen LogP contribution >= 0.6 is 0 Å². The van der Waals surface area contributed by atoms with Gasteiger partial charge in [-0.15, -0.1) is 0 Å². The van der Waals surface area contributed by atoms with Crippen LogP contribution in [0.1, 0.15) is 26.3 Å². The third-order valence-electron chi connectivity index (χ3n) is 2.04. The van der Waals surface area contributed by atoms with Gasteiger partial charge in [0.1, 0.15) is 16.1 Å². The molecule has 0 aliphatic carbocycles. The number of halogens is 2. The zero-order chi connectivity index (χ0) is 13.1. The van der Waals surface area contributed by atoms with E-state index in [-0.39, 0.29) is 12.0 Å². The molecule has 0 saturated heterocycles. The second kappa shape index (κ2) is 5.60. The minimum Gasteiger partial charge on any atom is -0.591 e. The molecule has 1 aromatic rings. The van der Waals surface area contributed by atoms with Gasteiger partial charge in [0.2, 0.25) is 0 Å². The van der Waals surface area contributed by atoms with Crippen molar-refractivity contribution in [3.05, 3.63) is 35.4 Å². The van der Waals surface area contributed by atoms with Crippen molar-refractivity contribution < 1.29 is 13.3 Å². The summed E-state index contributed by atoms with van der Waals surface area (Å²) in [5.74, 6) is -1.76. The second-order valence-electron chi connectivity index (χ2n) is 4.57. The minimum absolute atomic E-state index is 0.130. The van der Waals surface area contributed by atoms with E-state index in [2.05, 4.69) is 4.40 Å². The molecule has 0 aliphatic rings. The molecule has 94 valence electrons. The lowest BCUT2D eigenvalue weighted by atomic mass is 10.1. The van der Waals surface area contributed by atoms with Crippen molar-refractivity contribution in [3.8, 4) is 0 Å². The van der Waals surface area contributed by atoms with Crippen molar-refractivity contribution in [2.75, 3.05) is 0 Å². The highest BCUT2D eigenvalue weighted by atomic mass is 32.2. The lowest BCUT2D eigenvalue weighted by Crippen LogP contribution is -2.25. The van der Waals surface area contributed by atoms with Crippen LogP contribution in [0.4, 0.5) is 8.78 Å². The molecule has 2 nitrogen and oxygen atoms in total. The first-order valence-electron chi connectivity index (χ1n) is 5.20. The highest BCUT2D eigenvalue weighted by Crippen LogP contribution is 2.17. The van der Waals surface area contributed by atoms with Gasteiger partial charge in [0.05, 0.1) is 6.21 Å². The smallest absolute Gasteiger partial charge is 0.162 e. The Hall–Kier alpha value is -0.940. The summed E-state index contributed by atoms with van der Waals surface area (Å²) in [4.78, 5) is 0. The highest BCUT2D eigenvalue weighted by Gasteiger charge is 2.25. The lowest BCUT2D eigenvalue weighted by Gasteiger charge is -2.17. The topological polar surface area (TPSA) is 35.4 Å². The first-order chi connectivity index (χ1) is 7.82. The minimum atomic E-state index is -1.37. The monoisotopic (exact) mass is 259 g/mol. The van der Waals surface area contributed by atoms with Crippen LogP contribution in [0, 0.1) is 11.6 Å². The van der Waals surface area contributed by atoms with E-state index in [1.165, 1.54) is 18.3 Å². The van der Waals surface area contributed by atoms with E-state index >= 15 is 0 Å². The molecule has 17 heavy (non-hydrogen) atoms. The van der Waals surface area contributed by atoms with E-state index in [1.54, 1.807) is 20.8 Å². The summed E-state index contributed by atoms with van der Waals surface area (Å²) >= 11 is -1.37. The Kier molecular flexibility index (Phi) is 4.65. The fourth-order valence-electron chi connectivity index (χ4n) is 1.07. The zero-order valence-electron chi connectivity index (χ0n) is 10.0. The Morgan fingerprint density at radius 2 is 2.00 bits per heavy atom. The Morgan fingerprint density at radius 3 is 2.59 bits per heavy atom. The molecule has 0 N–H and O–H groups in total. The fraction of sp³-hybridized carbons (Fsp3) is 0.417. The first kappa shape index (κ1) is 14.1. The third-order valence-corrected chi connectivity index (χ3v) is 3.43. The van der Waals surface area contributed by atoms with Crippen LogP contribution in [0.25, 0.3) is 0 Å². The fourth-order valence-corrected chi connectivity index (χ4v) is 1.59.